The average Bonchev–Trinajstić information content (AvgIpc) is 1.68. The number of nitrogens with one attached hydrogen (secondary N) is 1. The van der Waals surface area contributed by atoms with Crippen LogP contribution in [0, 0.1) is 28.1 Å². The third kappa shape index (κ3) is 2.87. The largest absolute Gasteiger partial charge is 0.308 e. The van der Waals surface area contributed by atoms with E-state index in [1.54, 1.807) is 12.1 Å². The smallest absolute Gasteiger partial charge is 0.0738 e. The van der Waals surface area contributed by atoms with Crippen molar-refractivity contribution in [1.29, 1.82) is 15.9 Å². The SMILES string of the molecule is N#CCC(=N)CC#N. The molecular formula is C5H5N3. The molecule has 0 heterocycles. The molecule has 0 atom stereocenters. The van der Waals surface area contributed by atoms with Crippen molar-refractivity contribution in [1.82, 2.24) is 0 Å². The molecule has 40 valence electrons. The molecule has 0 unspecified atom stereocenters. The van der Waals surface area contributed by atoms with E-state index in [9.17, 15) is 0 Å². The first-order valence-corrected chi connectivity index (χ1v) is 2.11. The van der Waals surface area contributed by atoms with Crippen LogP contribution >= 0.6 is 0 Å². The molecule has 0 saturated heterocycles. The summed E-state index contributed by atoms with van der Waals surface area (Å²) in [5.41, 5.74) is 0.190. The second kappa shape index (κ2) is 3.83. The maximum absolute atomic E-state index is 7.96. The first-order chi connectivity index (χ1) is 3.81. The van der Waals surface area contributed by atoms with Crippen molar-refractivity contribution in [3.63, 3.8) is 0 Å². The second-order valence-corrected chi connectivity index (χ2v) is 1.27. The fourth-order valence-electron chi connectivity index (χ4n) is 0.253. The van der Waals surface area contributed by atoms with Crippen LogP contribution < -0.4 is 0 Å². The van der Waals surface area contributed by atoms with Gasteiger partial charge in [0, 0.05) is 5.71 Å². The van der Waals surface area contributed by atoms with Crippen molar-refractivity contribution >= 4 is 5.71 Å². The molecule has 0 saturated carbocycles. The highest BCUT2D eigenvalue weighted by atomic mass is 14.4. The monoisotopic (exact) mass is 107 g/mol. The van der Waals surface area contributed by atoms with Crippen LogP contribution in [-0.4, -0.2) is 5.71 Å². The number of rotatable bonds is 2. The van der Waals surface area contributed by atoms with E-state index in [0.717, 1.165) is 0 Å². The molecule has 0 fully saturated rings. The summed E-state index contributed by atoms with van der Waals surface area (Å²) in [5, 5.41) is 22.8. The molecule has 3 nitrogen and oxygen atoms in total. The van der Waals surface area contributed by atoms with Crippen LogP contribution in [0.1, 0.15) is 12.8 Å². The highest BCUT2D eigenvalue weighted by Crippen LogP contribution is 1.84. The van der Waals surface area contributed by atoms with Gasteiger partial charge in [0.05, 0.1) is 25.0 Å². The minimum absolute atomic E-state index is 0.0769. The van der Waals surface area contributed by atoms with Gasteiger partial charge in [0.1, 0.15) is 0 Å². The van der Waals surface area contributed by atoms with Gasteiger partial charge in [-0.1, -0.05) is 0 Å². The van der Waals surface area contributed by atoms with Crippen molar-refractivity contribution in [3.05, 3.63) is 0 Å². The Morgan fingerprint density at radius 2 is 1.62 bits per heavy atom. The zero-order valence-electron chi connectivity index (χ0n) is 4.31. The third-order valence-corrected chi connectivity index (χ3v) is 0.585. The molecule has 0 rings (SSSR count). The normalized spacial score (nSPS) is 6.75. The zero-order chi connectivity index (χ0) is 6.41. The number of hydrogen-bond acceptors (Lipinski definition) is 3. The summed E-state index contributed by atoms with van der Waals surface area (Å²) < 4.78 is 0. The van der Waals surface area contributed by atoms with Gasteiger partial charge in [0.25, 0.3) is 0 Å². The van der Waals surface area contributed by atoms with Gasteiger partial charge in [0.2, 0.25) is 0 Å². The van der Waals surface area contributed by atoms with E-state index in [0.29, 0.717) is 0 Å². The Hall–Kier alpha value is -1.35. The number of hydrogen-bond donors (Lipinski definition) is 1. The van der Waals surface area contributed by atoms with Gasteiger partial charge in [-0.3, -0.25) is 0 Å². The molecule has 8 heavy (non-hydrogen) atoms. The van der Waals surface area contributed by atoms with Gasteiger partial charge in [-0.2, -0.15) is 10.5 Å². The van der Waals surface area contributed by atoms with E-state index in [1.807, 2.05) is 0 Å². The van der Waals surface area contributed by atoms with Crippen molar-refractivity contribution < 1.29 is 0 Å². The minimum atomic E-state index is 0.0769. The molecule has 0 amide bonds. The molecule has 0 aromatic carbocycles. The van der Waals surface area contributed by atoms with Crippen LogP contribution in [0.3, 0.4) is 0 Å². The predicted molar refractivity (Wildman–Crippen MR) is 28.2 cm³/mol. The summed E-state index contributed by atoms with van der Waals surface area (Å²) in [6.45, 7) is 0. The van der Waals surface area contributed by atoms with Crippen LogP contribution in [0.25, 0.3) is 0 Å². The van der Waals surface area contributed by atoms with Crippen LogP contribution in [-0.2, 0) is 0 Å². The van der Waals surface area contributed by atoms with Crippen molar-refractivity contribution in [2.45, 2.75) is 12.8 Å². The molecule has 0 aliphatic rings. The molecule has 0 spiro atoms. The van der Waals surface area contributed by atoms with Gasteiger partial charge in [-0.05, 0) is 0 Å². The van der Waals surface area contributed by atoms with E-state index in [2.05, 4.69) is 0 Å². The fourth-order valence-corrected chi connectivity index (χ4v) is 0.253. The van der Waals surface area contributed by atoms with E-state index in [1.165, 1.54) is 0 Å². The van der Waals surface area contributed by atoms with E-state index in [4.69, 9.17) is 15.9 Å². The van der Waals surface area contributed by atoms with Crippen LogP contribution in [0.5, 0.6) is 0 Å². The number of nitriles is 2. The molecular weight excluding hydrogens is 102 g/mol. The summed E-state index contributed by atoms with van der Waals surface area (Å²) in [6.07, 6.45) is 0.154. The molecule has 0 radical (unpaired) electrons. The molecule has 0 aliphatic carbocycles. The lowest BCUT2D eigenvalue weighted by Gasteiger charge is -1.82. The Balaban J connectivity index is 3.41. The Morgan fingerprint density at radius 3 is 1.88 bits per heavy atom. The van der Waals surface area contributed by atoms with Crippen molar-refractivity contribution in [3.8, 4) is 12.1 Å². The van der Waals surface area contributed by atoms with Gasteiger partial charge in [-0.15, -0.1) is 0 Å². The summed E-state index contributed by atoms with van der Waals surface area (Å²) in [5.74, 6) is 0. The molecule has 1 N–H and O–H groups in total. The summed E-state index contributed by atoms with van der Waals surface area (Å²) in [4.78, 5) is 0. The quantitative estimate of drug-likeness (QED) is 0.531. The Bertz CT molecular complexity index is 139. The van der Waals surface area contributed by atoms with Gasteiger partial charge in [0.15, 0.2) is 0 Å². The van der Waals surface area contributed by atoms with Gasteiger partial charge < -0.3 is 5.41 Å². The van der Waals surface area contributed by atoms with E-state index < -0.39 is 0 Å². The predicted octanol–water partition coefficient (Wildman–Crippen LogP) is 0.834. The average molecular weight is 107 g/mol. The summed E-state index contributed by atoms with van der Waals surface area (Å²) >= 11 is 0. The Morgan fingerprint density at radius 1 is 1.25 bits per heavy atom. The first-order valence-electron chi connectivity index (χ1n) is 2.11. The molecule has 0 aromatic heterocycles. The molecule has 0 aliphatic heterocycles. The topological polar surface area (TPSA) is 71.4 Å². The van der Waals surface area contributed by atoms with Crippen LogP contribution in [0.4, 0.5) is 0 Å². The third-order valence-electron chi connectivity index (χ3n) is 0.585. The van der Waals surface area contributed by atoms with Gasteiger partial charge >= 0.3 is 0 Å². The van der Waals surface area contributed by atoms with Crippen LogP contribution in [0.15, 0.2) is 0 Å². The van der Waals surface area contributed by atoms with Crippen molar-refractivity contribution in [2.75, 3.05) is 0 Å². The van der Waals surface area contributed by atoms with Crippen molar-refractivity contribution in [2.24, 2.45) is 0 Å². The molecule has 3 heteroatoms. The van der Waals surface area contributed by atoms with Gasteiger partial charge in [-0.25, -0.2) is 0 Å². The lowest BCUT2D eigenvalue weighted by atomic mass is 10.2. The lowest BCUT2D eigenvalue weighted by Crippen LogP contribution is -1.90. The van der Waals surface area contributed by atoms with Crippen LogP contribution in [0.2, 0.25) is 0 Å². The van der Waals surface area contributed by atoms with E-state index in [-0.39, 0.29) is 18.6 Å². The molecule has 0 bridgehead atoms. The fraction of sp³-hybridized carbons (Fsp3) is 0.400. The summed E-state index contributed by atoms with van der Waals surface area (Å²) in [7, 11) is 0. The maximum atomic E-state index is 7.96. The standard InChI is InChI=1S/C5H5N3/c6-3-1-5(8)2-4-7/h8H,1-2H2. The van der Waals surface area contributed by atoms with E-state index >= 15 is 0 Å². The second-order valence-electron chi connectivity index (χ2n) is 1.27. The minimum Gasteiger partial charge on any atom is -0.308 e. The maximum Gasteiger partial charge on any atom is 0.0738 e. The molecule has 0 aromatic rings. The first kappa shape index (κ1) is 6.65. The summed E-state index contributed by atoms with van der Waals surface area (Å²) in [6, 6.07) is 3.55. The Labute approximate surface area is 47.7 Å². The highest BCUT2D eigenvalue weighted by Gasteiger charge is 1.90. The highest BCUT2D eigenvalue weighted by molar-refractivity contribution is 5.84. The lowest BCUT2D eigenvalue weighted by molar-refractivity contribution is 1.26. The zero-order valence-corrected chi connectivity index (χ0v) is 4.31. The Kier molecular flexibility index (Phi) is 3.18. The number of nitrogens with zero attached hydrogens (tertiary/aromatic N) is 2.